The van der Waals surface area contributed by atoms with Gasteiger partial charge in [0.15, 0.2) is 5.13 Å². The first-order chi connectivity index (χ1) is 12.2. The van der Waals surface area contributed by atoms with Crippen LogP contribution in [0.3, 0.4) is 0 Å². The number of anilines is 2. The number of ether oxygens (including phenoxy) is 1. The third kappa shape index (κ3) is 3.14. The van der Waals surface area contributed by atoms with Gasteiger partial charge in [0.1, 0.15) is 10.8 Å². The molecule has 1 aromatic carbocycles. The number of aromatic nitrogens is 1. The molecule has 1 N–H and O–H groups in total. The predicted molar refractivity (Wildman–Crippen MR) is 99.8 cm³/mol. The van der Waals surface area contributed by atoms with Crippen molar-refractivity contribution in [3.63, 3.8) is 0 Å². The third-order valence-electron chi connectivity index (χ3n) is 4.38. The van der Waals surface area contributed by atoms with E-state index in [4.69, 9.17) is 4.74 Å². The Balaban J connectivity index is 1.74. The number of nitrogens with one attached hydrogen (secondary N) is 1. The number of thiazole rings is 1. The van der Waals surface area contributed by atoms with E-state index in [0.29, 0.717) is 10.7 Å². The van der Waals surface area contributed by atoms with Crippen LogP contribution in [-0.4, -0.2) is 18.1 Å². The van der Waals surface area contributed by atoms with Crippen LogP contribution in [0.1, 0.15) is 40.1 Å². The molecule has 0 atom stereocenters. The van der Waals surface area contributed by atoms with Crippen molar-refractivity contribution >= 4 is 49.0 Å². The number of fused-ring (bicyclic) bond motifs is 2. The molecule has 7 heteroatoms. The summed E-state index contributed by atoms with van der Waals surface area (Å²) < 4.78 is 19.2. The Hall–Kier alpha value is -1.99. The highest BCUT2D eigenvalue weighted by molar-refractivity contribution is 7.23. The van der Waals surface area contributed by atoms with Gasteiger partial charge >= 0.3 is 5.97 Å². The summed E-state index contributed by atoms with van der Waals surface area (Å²) in [5.74, 6) is -0.588. The fourth-order valence-corrected chi connectivity index (χ4v) is 5.43. The van der Waals surface area contributed by atoms with Crippen LogP contribution in [-0.2, 0) is 17.6 Å². The van der Waals surface area contributed by atoms with Crippen molar-refractivity contribution < 1.29 is 13.9 Å². The largest absolute Gasteiger partial charge is 0.465 e. The van der Waals surface area contributed by atoms with Crippen LogP contribution in [0.5, 0.6) is 0 Å². The average molecular weight is 376 g/mol. The normalized spacial score (nSPS) is 14.2. The van der Waals surface area contributed by atoms with E-state index in [2.05, 4.69) is 10.3 Å². The lowest BCUT2D eigenvalue weighted by atomic mass is 10.1. The molecule has 0 radical (unpaired) electrons. The summed E-state index contributed by atoms with van der Waals surface area (Å²) >= 11 is 2.98. The number of methoxy groups -OCH3 is 1. The van der Waals surface area contributed by atoms with Gasteiger partial charge in [-0.1, -0.05) is 17.8 Å². The molecule has 2 heterocycles. The minimum atomic E-state index is -0.311. The lowest BCUT2D eigenvalue weighted by Gasteiger charge is -2.06. The Morgan fingerprint density at radius 2 is 2.08 bits per heavy atom. The zero-order valence-electron chi connectivity index (χ0n) is 13.7. The van der Waals surface area contributed by atoms with Crippen LogP contribution in [0.15, 0.2) is 18.2 Å². The number of carbonyl (C=O) groups excluding carboxylic acids is 1. The monoisotopic (exact) mass is 376 g/mol. The summed E-state index contributed by atoms with van der Waals surface area (Å²) in [6.45, 7) is 0. The van der Waals surface area contributed by atoms with Gasteiger partial charge in [-0.3, -0.25) is 0 Å². The smallest absolute Gasteiger partial charge is 0.341 e. The highest BCUT2D eigenvalue weighted by atomic mass is 32.1. The van der Waals surface area contributed by atoms with E-state index in [0.717, 1.165) is 46.5 Å². The van der Waals surface area contributed by atoms with Crippen LogP contribution >= 0.6 is 22.7 Å². The Bertz CT molecular complexity index is 948. The van der Waals surface area contributed by atoms with Crippen molar-refractivity contribution in [2.45, 2.75) is 32.1 Å². The second-order valence-corrected chi connectivity index (χ2v) is 8.15. The van der Waals surface area contributed by atoms with Crippen molar-refractivity contribution in [2.24, 2.45) is 0 Å². The lowest BCUT2D eigenvalue weighted by Crippen LogP contribution is -2.06. The van der Waals surface area contributed by atoms with E-state index in [1.54, 1.807) is 17.4 Å². The summed E-state index contributed by atoms with van der Waals surface area (Å²) in [5, 5.41) is 4.71. The van der Waals surface area contributed by atoms with Crippen LogP contribution in [0.4, 0.5) is 14.5 Å². The maximum atomic E-state index is 13.4. The minimum absolute atomic E-state index is 0.277. The van der Waals surface area contributed by atoms with Gasteiger partial charge in [-0.25, -0.2) is 14.2 Å². The van der Waals surface area contributed by atoms with Gasteiger partial charge < -0.3 is 10.1 Å². The standard InChI is InChI=1S/C18H17FN2O2S2/c1-23-17(22)15-11-5-3-2-4-6-13(11)24-16(15)21-18-20-12-8-7-10(19)9-14(12)25-18/h7-9H,2-6H2,1H3,(H,20,21). The van der Waals surface area contributed by atoms with Crippen molar-refractivity contribution in [1.82, 2.24) is 4.98 Å². The summed E-state index contributed by atoms with van der Waals surface area (Å²) in [5.41, 5.74) is 2.49. The summed E-state index contributed by atoms with van der Waals surface area (Å²) in [6.07, 6.45) is 5.33. The molecule has 0 fully saturated rings. The molecule has 0 amide bonds. The molecular formula is C18H17FN2O2S2. The van der Waals surface area contributed by atoms with E-state index in [9.17, 15) is 9.18 Å². The zero-order valence-corrected chi connectivity index (χ0v) is 15.4. The molecule has 0 saturated heterocycles. The molecule has 130 valence electrons. The Morgan fingerprint density at radius 3 is 2.92 bits per heavy atom. The molecule has 4 nitrogen and oxygen atoms in total. The molecule has 0 aliphatic heterocycles. The number of hydrogen-bond acceptors (Lipinski definition) is 6. The van der Waals surface area contributed by atoms with Crippen LogP contribution in [0.2, 0.25) is 0 Å². The number of thiophene rings is 1. The van der Waals surface area contributed by atoms with Crippen molar-refractivity contribution in [1.29, 1.82) is 0 Å². The number of hydrogen-bond donors (Lipinski definition) is 1. The van der Waals surface area contributed by atoms with Gasteiger partial charge in [-0.2, -0.15) is 0 Å². The molecular weight excluding hydrogens is 359 g/mol. The van der Waals surface area contributed by atoms with Gasteiger partial charge in [0.25, 0.3) is 0 Å². The molecule has 0 spiro atoms. The molecule has 0 bridgehead atoms. The first-order valence-electron chi connectivity index (χ1n) is 8.21. The van der Waals surface area contributed by atoms with Gasteiger partial charge in [-0.05, 0) is 49.4 Å². The van der Waals surface area contributed by atoms with Gasteiger partial charge in [0, 0.05) is 4.88 Å². The molecule has 0 unspecified atom stereocenters. The summed E-state index contributed by atoms with van der Waals surface area (Å²) in [6, 6.07) is 4.54. The second-order valence-electron chi connectivity index (χ2n) is 6.02. The van der Waals surface area contributed by atoms with Crippen LogP contribution < -0.4 is 5.32 Å². The van der Waals surface area contributed by atoms with Crippen molar-refractivity contribution in [2.75, 3.05) is 12.4 Å². The van der Waals surface area contributed by atoms with Crippen LogP contribution in [0.25, 0.3) is 10.2 Å². The van der Waals surface area contributed by atoms with Crippen molar-refractivity contribution in [3.05, 3.63) is 40.0 Å². The Kier molecular flexibility index (Phi) is 4.43. The number of aryl methyl sites for hydroxylation is 1. The summed E-state index contributed by atoms with van der Waals surface area (Å²) in [7, 11) is 1.41. The minimum Gasteiger partial charge on any atom is -0.465 e. The van der Waals surface area contributed by atoms with Gasteiger partial charge in [-0.15, -0.1) is 11.3 Å². The summed E-state index contributed by atoms with van der Waals surface area (Å²) in [4.78, 5) is 18.1. The Morgan fingerprint density at radius 1 is 1.24 bits per heavy atom. The van der Waals surface area contributed by atoms with E-state index in [1.165, 1.54) is 41.9 Å². The molecule has 0 saturated carbocycles. The quantitative estimate of drug-likeness (QED) is 0.498. The number of nitrogens with zero attached hydrogens (tertiary/aromatic N) is 1. The van der Waals surface area contributed by atoms with Gasteiger partial charge in [0.05, 0.1) is 22.9 Å². The average Bonchev–Trinajstić information content (AvgIpc) is 3.06. The zero-order chi connectivity index (χ0) is 17.4. The molecule has 4 rings (SSSR count). The first kappa shape index (κ1) is 16.5. The lowest BCUT2D eigenvalue weighted by molar-refractivity contribution is 0.0601. The maximum Gasteiger partial charge on any atom is 0.341 e. The number of halogens is 1. The Labute approximate surface area is 152 Å². The predicted octanol–water partition coefficient (Wildman–Crippen LogP) is 5.30. The number of carbonyl (C=O) groups is 1. The highest BCUT2D eigenvalue weighted by Crippen LogP contribution is 2.40. The molecule has 2 aromatic heterocycles. The fourth-order valence-electron chi connectivity index (χ4n) is 3.20. The fraction of sp³-hybridized carbons (Fsp3) is 0.333. The third-order valence-corrected chi connectivity index (χ3v) is 6.52. The van der Waals surface area contributed by atoms with E-state index < -0.39 is 0 Å². The maximum absolute atomic E-state index is 13.4. The molecule has 25 heavy (non-hydrogen) atoms. The van der Waals surface area contributed by atoms with Crippen molar-refractivity contribution in [3.8, 4) is 0 Å². The van der Waals surface area contributed by atoms with Crippen LogP contribution in [0, 0.1) is 5.82 Å². The van der Waals surface area contributed by atoms with Gasteiger partial charge in [0.2, 0.25) is 0 Å². The van der Waals surface area contributed by atoms with E-state index in [-0.39, 0.29) is 11.8 Å². The van der Waals surface area contributed by atoms with E-state index in [1.807, 2.05) is 0 Å². The number of benzene rings is 1. The second kappa shape index (κ2) is 6.72. The number of rotatable bonds is 3. The first-order valence-corrected chi connectivity index (χ1v) is 9.85. The van der Waals surface area contributed by atoms with E-state index >= 15 is 0 Å². The molecule has 1 aliphatic carbocycles. The molecule has 1 aliphatic rings. The topological polar surface area (TPSA) is 51.2 Å². The highest BCUT2D eigenvalue weighted by Gasteiger charge is 2.25. The molecule has 3 aromatic rings. The number of esters is 1. The SMILES string of the molecule is COC(=O)c1c(Nc2nc3ccc(F)cc3s2)sc2c1CCCCC2.